The van der Waals surface area contributed by atoms with Gasteiger partial charge in [-0.05, 0) is 31.9 Å². The maximum atomic E-state index is 12.7. The number of aryl methyl sites for hydroxylation is 1. The predicted octanol–water partition coefficient (Wildman–Crippen LogP) is 2.98. The van der Waals surface area contributed by atoms with Crippen LogP contribution in [-0.2, 0) is 17.9 Å². The van der Waals surface area contributed by atoms with E-state index in [-0.39, 0.29) is 19.1 Å². The fourth-order valence-corrected chi connectivity index (χ4v) is 4.64. The fourth-order valence-electron chi connectivity index (χ4n) is 4.04. The first kappa shape index (κ1) is 22.3. The Hall–Kier alpha value is -2.91. The summed E-state index contributed by atoms with van der Waals surface area (Å²) in [5, 5.41) is 12.5. The predicted molar refractivity (Wildman–Crippen MR) is 121 cm³/mol. The number of benzene rings is 1. The van der Waals surface area contributed by atoms with Crippen LogP contribution in [0.2, 0.25) is 0 Å². The van der Waals surface area contributed by atoms with Crippen LogP contribution in [0.4, 0.5) is 0 Å². The minimum Gasteiger partial charge on any atom is -0.496 e. The lowest BCUT2D eigenvalue weighted by molar-refractivity contribution is -0.134. The quantitative estimate of drug-likeness (QED) is 0.561. The van der Waals surface area contributed by atoms with Gasteiger partial charge in [-0.25, -0.2) is 9.97 Å². The first-order valence-corrected chi connectivity index (χ1v) is 11.6. The molecule has 1 amide bonds. The second-order valence-electron chi connectivity index (χ2n) is 7.85. The van der Waals surface area contributed by atoms with Gasteiger partial charge in [0, 0.05) is 48.4 Å². The number of nitrogens with zero attached hydrogens (tertiary/aromatic N) is 4. The van der Waals surface area contributed by atoms with E-state index in [1.54, 1.807) is 29.5 Å². The largest absolute Gasteiger partial charge is 0.496 e. The van der Waals surface area contributed by atoms with Crippen molar-refractivity contribution in [3.05, 3.63) is 58.1 Å². The van der Waals surface area contributed by atoms with Gasteiger partial charge < -0.3 is 24.0 Å². The molecule has 170 valence electrons. The number of methoxy groups -OCH3 is 1. The Bertz CT molecular complexity index is 1060. The lowest BCUT2D eigenvalue weighted by Crippen LogP contribution is -2.40. The molecule has 3 heterocycles. The molecular formula is C23H28N4O4S. The van der Waals surface area contributed by atoms with Gasteiger partial charge in [0.15, 0.2) is 6.61 Å². The lowest BCUT2D eigenvalue weighted by Gasteiger charge is -2.32. The van der Waals surface area contributed by atoms with Gasteiger partial charge in [0.25, 0.3) is 5.91 Å². The third kappa shape index (κ3) is 5.11. The van der Waals surface area contributed by atoms with Crippen LogP contribution in [0.5, 0.6) is 11.5 Å². The van der Waals surface area contributed by atoms with Crippen LogP contribution in [0.25, 0.3) is 0 Å². The minimum atomic E-state index is -0.112. The molecule has 0 saturated carbocycles. The van der Waals surface area contributed by atoms with Crippen LogP contribution in [-0.4, -0.2) is 57.3 Å². The number of thiazole rings is 1. The van der Waals surface area contributed by atoms with Crippen LogP contribution in [0.3, 0.4) is 0 Å². The molecule has 1 N–H and O–H groups in total. The summed E-state index contributed by atoms with van der Waals surface area (Å²) in [7, 11) is 1.54. The summed E-state index contributed by atoms with van der Waals surface area (Å²) < 4.78 is 13.1. The third-order valence-electron chi connectivity index (χ3n) is 5.75. The molecule has 1 saturated heterocycles. The number of imidazole rings is 1. The molecule has 2 aromatic heterocycles. The van der Waals surface area contributed by atoms with Crippen molar-refractivity contribution in [3.8, 4) is 11.5 Å². The molecule has 0 aliphatic carbocycles. The molecule has 0 atom stereocenters. The molecule has 1 aliphatic rings. The number of piperidine rings is 1. The molecule has 0 bridgehead atoms. The van der Waals surface area contributed by atoms with Crippen molar-refractivity contribution in [2.45, 2.75) is 38.8 Å². The molecule has 1 aromatic carbocycles. The van der Waals surface area contributed by atoms with Crippen molar-refractivity contribution in [2.24, 2.45) is 0 Å². The summed E-state index contributed by atoms with van der Waals surface area (Å²) in [6.45, 7) is 3.97. The Kier molecular flexibility index (Phi) is 7.06. The van der Waals surface area contributed by atoms with Gasteiger partial charge in [0.1, 0.15) is 17.3 Å². The number of carbonyl (C=O) groups excluding carboxylic acids is 1. The molecule has 1 fully saturated rings. The molecule has 3 aromatic rings. The molecule has 9 heteroatoms. The SMILES string of the molecule is COc1cc(OCC(=O)N2CCC(c3nccn3Cc3csc(C)n3)CC2)ccc1CO. The summed E-state index contributed by atoms with van der Waals surface area (Å²) in [4.78, 5) is 23.7. The van der Waals surface area contributed by atoms with Crippen molar-refractivity contribution < 1.29 is 19.4 Å². The van der Waals surface area contributed by atoms with Crippen LogP contribution in [0.15, 0.2) is 36.0 Å². The van der Waals surface area contributed by atoms with Crippen molar-refractivity contribution in [2.75, 3.05) is 26.8 Å². The second-order valence-corrected chi connectivity index (χ2v) is 8.91. The van der Waals surface area contributed by atoms with Gasteiger partial charge in [0.05, 0.1) is 31.0 Å². The number of carbonyl (C=O) groups is 1. The number of aromatic nitrogens is 3. The van der Waals surface area contributed by atoms with Crippen LogP contribution < -0.4 is 9.47 Å². The minimum absolute atomic E-state index is 0.0237. The van der Waals surface area contributed by atoms with Gasteiger partial charge in [-0.2, -0.15) is 0 Å². The van der Waals surface area contributed by atoms with Crippen LogP contribution in [0.1, 0.15) is 40.8 Å². The Morgan fingerprint density at radius 3 is 2.81 bits per heavy atom. The van der Waals surface area contributed by atoms with Gasteiger partial charge in [-0.1, -0.05) is 0 Å². The highest BCUT2D eigenvalue weighted by molar-refractivity contribution is 7.09. The van der Waals surface area contributed by atoms with Crippen molar-refractivity contribution >= 4 is 17.2 Å². The maximum absolute atomic E-state index is 12.7. The van der Waals surface area contributed by atoms with E-state index in [4.69, 9.17) is 9.47 Å². The highest BCUT2D eigenvalue weighted by Crippen LogP contribution is 2.28. The lowest BCUT2D eigenvalue weighted by atomic mass is 9.96. The van der Waals surface area contributed by atoms with E-state index >= 15 is 0 Å². The summed E-state index contributed by atoms with van der Waals surface area (Å²) in [5.74, 6) is 2.44. The van der Waals surface area contributed by atoms with Gasteiger partial charge in [-0.3, -0.25) is 4.79 Å². The molecule has 0 spiro atoms. The van der Waals surface area contributed by atoms with E-state index in [1.165, 1.54) is 7.11 Å². The number of aliphatic hydroxyl groups excluding tert-OH is 1. The highest BCUT2D eigenvalue weighted by atomic mass is 32.1. The van der Waals surface area contributed by atoms with E-state index in [9.17, 15) is 9.90 Å². The average Bonchev–Trinajstić information content (AvgIpc) is 3.46. The van der Waals surface area contributed by atoms with Gasteiger partial charge in [-0.15, -0.1) is 11.3 Å². The summed E-state index contributed by atoms with van der Waals surface area (Å²) >= 11 is 1.66. The van der Waals surface area contributed by atoms with E-state index < -0.39 is 0 Å². The molecular weight excluding hydrogens is 428 g/mol. The number of aliphatic hydroxyl groups is 1. The van der Waals surface area contributed by atoms with Crippen molar-refractivity contribution in [1.29, 1.82) is 0 Å². The highest BCUT2D eigenvalue weighted by Gasteiger charge is 2.26. The molecule has 0 radical (unpaired) electrons. The van der Waals surface area contributed by atoms with E-state index in [1.807, 2.05) is 24.2 Å². The molecule has 0 unspecified atom stereocenters. The van der Waals surface area contributed by atoms with E-state index in [0.717, 1.165) is 35.9 Å². The number of hydrogen-bond donors (Lipinski definition) is 1. The van der Waals surface area contributed by atoms with Crippen LogP contribution >= 0.6 is 11.3 Å². The molecule has 1 aliphatic heterocycles. The first-order valence-electron chi connectivity index (χ1n) is 10.7. The number of ether oxygens (including phenoxy) is 2. The summed E-state index contributed by atoms with van der Waals surface area (Å²) in [5.41, 5.74) is 1.73. The fraction of sp³-hybridized carbons (Fsp3) is 0.435. The Balaban J connectivity index is 1.29. The Morgan fingerprint density at radius 1 is 1.31 bits per heavy atom. The zero-order valence-corrected chi connectivity index (χ0v) is 19.2. The number of hydrogen-bond acceptors (Lipinski definition) is 7. The number of amides is 1. The van der Waals surface area contributed by atoms with Crippen molar-refractivity contribution in [1.82, 2.24) is 19.4 Å². The smallest absolute Gasteiger partial charge is 0.260 e. The van der Waals surface area contributed by atoms with Gasteiger partial charge in [0.2, 0.25) is 0 Å². The number of rotatable bonds is 8. The Morgan fingerprint density at radius 2 is 2.12 bits per heavy atom. The van der Waals surface area contributed by atoms with Crippen molar-refractivity contribution in [3.63, 3.8) is 0 Å². The molecule has 4 rings (SSSR count). The zero-order valence-electron chi connectivity index (χ0n) is 18.4. The third-order valence-corrected chi connectivity index (χ3v) is 6.57. The first-order chi connectivity index (χ1) is 15.6. The zero-order chi connectivity index (χ0) is 22.5. The topological polar surface area (TPSA) is 89.7 Å². The standard InChI is InChI=1S/C23H28N4O4S/c1-16-25-19(15-32-16)12-27-10-7-24-23(27)17-5-8-26(9-6-17)22(29)14-31-20-4-3-18(13-28)21(11-20)30-2/h3-4,7,10-11,15,17,28H,5-6,8-9,12-14H2,1-2H3. The van der Waals surface area contributed by atoms with Crippen LogP contribution in [0, 0.1) is 6.92 Å². The van der Waals surface area contributed by atoms with E-state index in [2.05, 4.69) is 19.9 Å². The van der Waals surface area contributed by atoms with E-state index in [0.29, 0.717) is 36.1 Å². The second kappa shape index (κ2) is 10.1. The molecule has 32 heavy (non-hydrogen) atoms. The van der Waals surface area contributed by atoms with Gasteiger partial charge >= 0.3 is 0 Å². The molecule has 8 nitrogen and oxygen atoms in total. The normalized spacial score (nSPS) is 14.5. The average molecular weight is 457 g/mol. The monoisotopic (exact) mass is 456 g/mol. The number of likely N-dealkylation sites (tertiary alicyclic amines) is 1. The maximum Gasteiger partial charge on any atom is 0.260 e. The summed E-state index contributed by atoms with van der Waals surface area (Å²) in [6, 6.07) is 5.16. The Labute approximate surface area is 191 Å². The summed E-state index contributed by atoms with van der Waals surface area (Å²) in [6.07, 6.45) is 5.59.